The number of hydrogen-bond donors (Lipinski definition) is 8. The molecule has 5 aromatic rings. The first-order chi connectivity index (χ1) is 47.5. The molecule has 8 amide bonds. The molecular weight excluding hydrogens is 1310 g/mol. The average Bonchev–Trinajstić information content (AvgIpc) is 1.64. The van der Waals surface area contributed by atoms with Crippen molar-refractivity contribution in [1.82, 2.24) is 87.4 Å². The van der Waals surface area contributed by atoms with Gasteiger partial charge >= 0.3 is 6.03 Å². The first-order valence-electron chi connectivity index (χ1n) is 33.7. The molecule has 4 aliphatic rings. The fourth-order valence-corrected chi connectivity index (χ4v) is 15.1. The van der Waals surface area contributed by atoms with Crippen molar-refractivity contribution in [1.29, 1.82) is 0 Å². The smallest absolute Gasteiger partial charge is 0.315 e. The summed E-state index contributed by atoms with van der Waals surface area (Å²) in [4.78, 5) is 99.7. The predicted octanol–water partition coefficient (Wildman–Crippen LogP) is 4.38. The number of nitrogens with one attached hydrogen (secondary N) is 8. The van der Waals surface area contributed by atoms with Crippen LogP contribution in [0.2, 0.25) is 0 Å². The Morgan fingerprint density at radius 1 is 0.653 bits per heavy atom. The predicted molar refractivity (Wildman–Crippen MR) is 372 cm³/mol. The standard InChI is InChI=1S/C68H90N18O9S3/c1-44(69-5)62(89)74-59(64(91)83-34-18-24-51(83)41-85-67(77-79-81-85)97-53-26-10-7-11-27-53)46(3)94-36-20-22-48-38-49(40-50(39-48)72-58(88)32-14-9-17-33-71-57(87)31-16-15-30-56-61-55(43-96-56)73-66(93)76-61)23-21-37-95-47(4)60(75-63(90)45(2)70-6)65(92)84-35-19-25-52(84)42-86-68(78-80-82-86)98-54-28-12-8-13-29-54/h7-8,10-13,26-29,38-40,44-47,51-52,55-56,59-61,69-70H,9,14-19,24-25,30-37,41-43H2,1-6H3,(H,71,87)(H,72,88)(H,74,89)(H,75,90)(H2,73,76,93)/t44-,45-,46+,47?,51-,52-,55-,56-,59-,60-,61-/m0/s1. The summed E-state index contributed by atoms with van der Waals surface area (Å²) in [6.07, 6.45) is 6.55. The molecule has 0 saturated carbocycles. The third-order valence-electron chi connectivity index (χ3n) is 17.7. The summed E-state index contributed by atoms with van der Waals surface area (Å²) >= 11 is 4.73. The number of unbranched alkanes of at least 4 members (excludes halogenated alkanes) is 3. The van der Waals surface area contributed by atoms with E-state index in [9.17, 15) is 33.6 Å². The molecule has 524 valence electrons. The molecule has 4 aliphatic heterocycles. The Morgan fingerprint density at radius 2 is 1.16 bits per heavy atom. The molecular formula is C68H90N18O9S3. The van der Waals surface area contributed by atoms with Gasteiger partial charge in [0.2, 0.25) is 45.8 Å². The highest BCUT2D eigenvalue weighted by Crippen LogP contribution is 2.34. The van der Waals surface area contributed by atoms with Crippen LogP contribution in [-0.4, -0.2) is 210 Å². The number of amides is 8. The SMILES string of the molecule is CN[C@@H](C)C(=O)N[C@H](C(=O)N1CCC[C@H]1Cn1nnnc1Sc1ccccc1)C(C)OCC#Cc1cc(C#CCO[C@H](C)[C@H](NC(=O)[C@H](C)NC)C(=O)N2CCC[C@H]2Cn2nnnc2Sc2ccccc2)cc(NC(=O)CCCCCNC(=O)CCCC[C@@H]2SC[C@@H]3NC(=O)N[C@@H]32)c1. The van der Waals surface area contributed by atoms with Crippen molar-refractivity contribution in [2.24, 2.45) is 0 Å². The minimum Gasteiger partial charge on any atom is -0.363 e. The van der Waals surface area contributed by atoms with Gasteiger partial charge in [0, 0.05) is 70.1 Å². The van der Waals surface area contributed by atoms with Gasteiger partial charge < -0.3 is 61.8 Å². The van der Waals surface area contributed by atoms with Crippen LogP contribution in [0, 0.1) is 23.7 Å². The van der Waals surface area contributed by atoms with Crippen LogP contribution in [0.15, 0.2) is 99.0 Å². The molecule has 2 aromatic heterocycles. The van der Waals surface area contributed by atoms with Crippen LogP contribution in [0.3, 0.4) is 0 Å². The van der Waals surface area contributed by atoms with Crippen molar-refractivity contribution in [3.63, 3.8) is 0 Å². The summed E-state index contributed by atoms with van der Waals surface area (Å²) in [6.45, 7) is 8.75. The van der Waals surface area contributed by atoms with Gasteiger partial charge in [-0.05, 0) is 180 Å². The molecule has 1 unspecified atom stereocenters. The molecule has 6 heterocycles. The molecule has 30 heteroatoms. The summed E-state index contributed by atoms with van der Waals surface area (Å²) in [5.41, 5.74) is 1.43. The van der Waals surface area contributed by atoms with Crippen molar-refractivity contribution < 1.29 is 43.0 Å². The van der Waals surface area contributed by atoms with Crippen molar-refractivity contribution in [3.8, 4) is 23.7 Å². The lowest BCUT2D eigenvalue weighted by molar-refractivity contribution is -0.142. The highest BCUT2D eigenvalue weighted by molar-refractivity contribution is 8.00. The molecule has 9 rings (SSSR count). The summed E-state index contributed by atoms with van der Waals surface area (Å²) in [6, 6.07) is 21.1. The first kappa shape index (κ1) is 74.1. The maximum absolute atomic E-state index is 14.6. The Labute approximate surface area is 585 Å². The van der Waals surface area contributed by atoms with Gasteiger partial charge in [-0.2, -0.15) is 11.8 Å². The van der Waals surface area contributed by atoms with Gasteiger partial charge in [-0.1, -0.05) is 72.9 Å². The molecule has 98 heavy (non-hydrogen) atoms. The van der Waals surface area contributed by atoms with E-state index >= 15 is 0 Å². The van der Waals surface area contributed by atoms with Crippen molar-refractivity contribution in [2.45, 2.75) is 204 Å². The number of likely N-dealkylation sites (tertiary alicyclic amines) is 2. The molecule has 4 saturated heterocycles. The zero-order valence-electron chi connectivity index (χ0n) is 56.4. The number of fused-ring (bicyclic) bond motifs is 1. The monoisotopic (exact) mass is 1400 g/mol. The van der Waals surface area contributed by atoms with Crippen molar-refractivity contribution in [2.75, 3.05) is 58.0 Å². The third kappa shape index (κ3) is 21.7. The van der Waals surface area contributed by atoms with Crippen molar-refractivity contribution >= 4 is 82.4 Å². The maximum Gasteiger partial charge on any atom is 0.315 e. The average molecular weight is 1400 g/mol. The molecule has 11 atom stereocenters. The number of hydrogen-bond acceptors (Lipinski definition) is 20. The number of urea groups is 1. The van der Waals surface area contributed by atoms with E-state index in [0.29, 0.717) is 104 Å². The number of ether oxygens (including phenoxy) is 2. The minimum atomic E-state index is -1.07. The molecule has 4 fully saturated rings. The number of tetrazole rings is 2. The summed E-state index contributed by atoms with van der Waals surface area (Å²) in [5, 5.41) is 50.2. The van der Waals surface area contributed by atoms with Gasteiger partial charge in [0.1, 0.15) is 25.3 Å². The van der Waals surface area contributed by atoms with Crippen LogP contribution in [0.25, 0.3) is 0 Å². The fourth-order valence-electron chi connectivity index (χ4n) is 12.0. The lowest BCUT2D eigenvalue weighted by Gasteiger charge is -2.32. The van der Waals surface area contributed by atoms with Gasteiger partial charge in [0.25, 0.3) is 0 Å². The van der Waals surface area contributed by atoms with Crippen LogP contribution in [-0.2, 0) is 51.3 Å². The van der Waals surface area contributed by atoms with E-state index in [0.717, 1.165) is 47.6 Å². The Morgan fingerprint density at radius 3 is 1.68 bits per heavy atom. The maximum atomic E-state index is 14.6. The Balaban J connectivity index is 0.839. The van der Waals surface area contributed by atoms with Gasteiger partial charge in [-0.15, -0.1) is 10.2 Å². The molecule has 0 aliphatic carbocycles. The summed E-state index contributed by atoms with van der Waals surface area (Å²) in [5.74, 6) is 11.7. The summed E-state index contributed by atoms with van der Waals surface area (Å²) < 4.78 is 15.9. The molecule has 27 nitrogen and oxygen atoms in total. The number of carbonyl (C=O) groups is 7. The molecule has 0 spiro atoms. The fraction of sp³-hybridized carbons (Fsp3) is 0.544. The third-order valence-corrected chi connectivity index (χ3v) is 21.2. The zero-order chi connectivity index (χ0) is 69.3. The lowest BCUT2D eigenvalue weighted by Crippen LogP contribution is -2.58. The number of benzene rings is 3. The van der Waals surface area contributed by atoms with Gasteiger partial charge in [-0.25, -0.2) is 14.2 Å². The quantitative estimate of drug-likeness (QED) is 0.0161. The van der Waals surface area contributed by atoms with Crippen LogP contribution in [0.1, 0.15) is 116 Å². The number of aromatic nitrogens is 8. The number of nitrogens with zero attached hydrogens (tertiary/aromatic N) is 10. The lowest BCUT2D eigenvalue weighted by atomic mass is 10.0. The van der Waals surface area contributed by atoms with E-state index in [1.54, 1.807) is 79.2 Å². The molecule has 0 bridgehead atoms. The van der Waals surface area contributed by atoms with Gasteiger partial charge in [-0.3, -0.25) is 28.8 Å². The van der Waals surface area contributed by atoms with E-state index in [1.165, 1.54) is 23.5 Å². The van der Waals surface area contributed by atoms with Crippen LogP contribution < -0.4 is 42.5 Å². The van der Waals surface area contributed by atoms with Gasteiger partial charge in [0.05, 0.1) is 61.5 Å². The number of rotatable bonds is 34. The van der Waals surface area contributed by atoms with E-state index in [-0.39, 0.29) is 85.3 Å². The molecule has 3 aromatic carbocycles. The molecule has 0 radical (unpaired) electrons. The van der Waals surface area contributed by atoms with E-state index < -0.39 is 36.4 Å². The van der Waals surface area contributed by atoms with E-state index in [1.807, 2.05) is 72.4 Å². The Bertz CT molecular complexity index is 3440. The van der Waals surface area contributed by atoms with Crippen LogP contribution in [0.4, 0.5) is 10.5 Å². The Kier molecular flexibility index (Phi) is 28.6. The number of likely N-dealkylation sites (N-methyl/N-ethyl adjacent to an activating group) is 2. The number of anilines is 1. The topological polar surface area (TPSA) is 328 Å². The highest BCUT2D eigenvalue weighted by atomic mass is 32.2. The summed E-state index contributed by atoms with van der Waals surface area (Å²) in [7, 11) is 3.33. The first-order valence-corrected chi connectivity index (χ1v) is 36.4. The second-order valence-electron chi connectivity index (χ2n) is 24.8. The minimum absolute atomic E-state index is 0.000566. The van der Waals surface area contributed by atoms with Crippen LogP contribution >= 0.6 is 35.3 Å². The highest BCUT2D eigenvalue weighted by Gasteiger charge is 2.43. The Hall–Kier alpha value is -8.10. The van der Waals surface area contributed by atoms with Crippen molar-refractivity contribution in [3.05, 3.63) is 90.0 Å². The second kappa shape index (κ2) is 37.7. The molecule has 8 N–H and O–H groups in total. The normalized spacial score (nSPS) is 19.7. The number of thioether (sulfide) groups is 1. The van der Waals surface area contributed by atoms with Crippen LogP contribution in [0.5, 0.6) is 0 Å². The zero-order valence-corrected chi connectivity index (χ0v) is 58.8. The largest absolute Gasteiger partial charge is 0.363 e. The second-order valence-corrected chi connectivity index (χ2v) is 28.1. The van der Waals surface area contributed by atoms with E-state index in [2.05, 4.69) is 97.3 Å². The van der Waals surface area contributed by atoms with Gasteiger partial charge in [0.15, 0.2) is 0 Å². The van der Waals surface area contributed by atoms with E-state index in [4.69, 9.17) is 9.47 Å². The number of carbonyl (C=O) groups excluding carboxylic acids is 7.